The van der Waals surface area contributed by atoms with Crippen LogP contribution in [0.2, 0.25) is 0 Å². The Morgan fingerprint density at radius 3 is 1.98 bits per heavy atom. The van der Waals surface area contributed by atoms with E-state index in [0.717, 1.165) is 0 Å². The number of benzene rings is 3. The third-order valence-corrected chi connectivity index (χ3v) is 9.25. The molecule has 3 aromatic carbocycles. The summed E-state index contributed by atoms with van der Waals surface area (Å²) in [5.74, 6) is -3.13. The summed E-state index contributed by atoms with van der Waals surface area (Å²) in [5.41, 5.74) is 0.903. The maximum absolute atomic E-state index is 13.8. The fourth-order valence-corrected chi connectivity index (χ4v) is 6.57. The minimum atomic E-state index is -4.00. The standard InChI is InChI=1S/C37H43F2N2O12P/c1-22-32(41-36(46)50-20-29(24-8-12-26(38)13-9-24)25-10-14-27(39)15-11-25)33(30(51-22)21-48-34(44)37(2,3)4)53-54(5,47)52-28-16-6-23(7-17-28)19-49-35(45)40-18-31(42)43/h6-17,22,29-30,32-33H,18-21H2,1-5H3,(H,40,45)(H,41,46)(H,42,43)/t22-,30+,32?,33?,54?/m0/s1. The SMILES string of the molecule is C[C@@H]1O[C@H](COC(=O)C(C)(C)C)C(OP(C)(=O)Oc2ccc(COC(=O)NCC(=O)O)cc2)C1NC(=O)OCC(c1ccc(F)cc1)c1ccc(F)cc1. The van der Waals surface area contributed by atoms with Crippen LogP contribution in [0, 0.1) is 17.0 Å². The van der Waals surface area contributed by atoms with Crippen molar-refractivity contribution in [1.29, 1.82) is 0 Å². The summed E-state index contributed by atoms with van der Waals surface area (Å²) in [6, 6.07) is 16.2. The number of carbonyl (C=O) groups is 4. The number of alkyl carbamates (subject to hydrolysis) is 2. The number of aliphatic carboxylic acids is 1. The number of hydrogen-bond acceptors (Lipinski definition) is 11. The van der Waals surface area contributed by atoms with Gasteiger partial charge in [-0.2, -0.15) is 0 Å². The lowest BCUT2D eigenvalue weighted by Gasteiger charge is -2.28. The van der Waals surface area contributed by atoms with Crippen molar-refractivity contribution in [3.05, 3.63) is 101 Å². The third kappa shape index (κ3) is 12.5. The first-order valence-corrected chi connectivity index (χ1v) is 18.8. The van der Waals surface area contributed by atoms with Crippen molar-refractivity contribution in [2.45, 2.75) is 64.6 Å². The first-order chi connectivity index (χ1) is 25.4. The van der Waals surface area contributed by atoms with E-state index in [1.54, 1.807) is 27.7 Å². The van der Waals surface area contributed by atoms with E-state index in [2.05, 4.69) is 10.6 Å². The number of hydrogen-bond donors (Lipinski definition) is 3. The topological polar surface area (TPSA) is 185 Å². The molecule has 0 radical (unpaired) electrons. The molecule has 3 aromatic rings. The van der Waals surface area contributed by atoms with Gasteiger partial charge < -0.3 is 39.2 Å². The molecule has 1 aliphatic heterocycles. The number of rotatable bonds is 15. The van der Waals surface area contributed by atoms with Crippen LogP contribution in [0.3, 0.4) is 0 Å². The molecule has 5 atom stereocenters. The molecule has 0 bridgehead atoms. The Kier molecular flexibility index (Phi) is 14.2. The lowest BCUT2D eigenvalue weighted by Crippen LogP contribution is -2.49. The van der Waals surface area contributed by atoms with Gasteiger partial charge in [-0.05, 0) is 80.8 Å². The number of carboxylic acids is 1. The number of carboxylic acid groups (broad SMARTS) is 1. The van der Waals surface area contributed by atoms with Gasteiger partial charge in [-0.1, -0.05) is 36.4 Å². The maximum Gasteiger partial charge on any atom is 0.407 e. The summed E-state index contributed by atoms with van der Waals surface area (Å²) >= 11 is 0. The molecule has 14 nitrogen and oxygen atoms in total. The second-order valence-corrected chi connectivity index (χ2v) is 15.5. The Morgan fingerprint density at radius 1 is 0.870 bits per heavy atom. The lowest BCUT2D eigenvalue weighted by atomic mass is 9.92. The average Bonchev–Trinajstić information content (AvgIpc) is 3.38. The van der Waals surface area contributed by atoms with Gasteiger partial charge >= 0.3 is 31.7 Å². The number of ether oxygens (including phenoxy) is 4. The molecule has 1 fully saturated rings. The molecule has 0 spiro atoms. The van der Waals surface area contributed by atoms with Crippen LogP contribution in [-0.2, 0) is 44.2 Å². The van der Waals surface area contributed by atoms with Crippen LogP contribution in [0.25, 0.3) is 0 Å². The largest absolute Gasteiger partial charge is 0.480 e. The summed E-state index contributed by atoms with van der Waals surface area (Å²) in [6.07, 6.45) is -4.73. The van der Waals surface area contributed by atoms with Crippen molar-refractivity contribution in [2.24, 2.45) is 5.41 Å². The Bertz CT molecular complexity index is 1760. The predicted octanol–water partition coefficient (Wildman–Crippen LogP) is 6.17. The molecule has 3 N–H and O–H groups in total. The van der Waals surface area contributed by atoms with Gasteiger partial charge in [0.1, 0.15) is 56.0 Å². The van der Waals surface area contributed by atoms with E-state index in [9.17, 15) is 32.5 Å². The third-order valence-electron chi connectivity index (χ3n) is 8.08. The fraction of sp³-hybridized carbons (Fsp3) is 0.405. The molecular weight excluding hydrogens is 733 g/mol. The highest BCUT2D eigenvalue weighted by molar-refractivity contribution is 7.53. The zero-order valence-corrected chi connectivity index (χ0v) is 31.2. The molecule has 3 unspecified atom stereocenters. The summed E-state index contributed by atoms with van der Waals surface area (Å²) in [5, 5.41) is 13.4. The highest BCUT2D eigenvalue weighted by Gasteiger charge is 2.48. The van der Waals surface area contributed by atoms with Crippen molar-refractivity contribution in [3.8, 4) is 5.75 Å². The first-order valence-electron chi connectivity index (χ1n) is 16.8. The van der Waals surface area contributed by atoms with Crippen molar-refractivity contribution in [3.63, 3.8) is 0 Å². The van der Waals surface area contributed by atoms with Crippen LogP contribution >= 0.6 is 7.60 Å². The van der Waals surface area contributed by atoms with Gasteiger partial charge in [-0.15, -0.1) is 0 Å². The van der Waals surface area contributed by atoms with Crippen LogP contribution in [-0.4, -0.2) is 80.0 Å². The minimum Gasteiger partial charge on any atom is -0.480 e. The molecular formula is C37H43F2N2O12P. The van der Waals surface area contributed by atoms with Crippen LogP contribution < -0.4 is 15.2 Å². The summed E-state index contributed by atoms with van der Waals surface area (Å²) in [7, 11) is -4.00. The second-order valence-electron chi connectivity index (χ2n) is 13.6. The molecule has 0 aromatic heterocycles. The van der Waals surface area contributed by atoms with E-state index >= 15 is 0 Å². The average molecular weight is 777 g/mol. The fourth-order valence-electron chi connectivity index (χ4n) is 5.32. The first kappa shape index (κ1) is 41.7. The van der Waals surface area contributed by atoms with Gasteiger partial charge in [0.15, 0.2) is 0 Å². The van der Waals surface area contributed by atoms with E-state index in [1.807, 2.05) is 0 Å². The molecule has 4 rings (SSSR count). The molecule has 17 heteroatoms. The molecule has 1 heterocycles. The predicted molar refractivity (Wildman–Crippen MR) is 189 cm³/mol. The number of halogens is 2. The number of nitrogens with one attached hydrogen (secondary N) is 2. The molecule has 1 saturated heterocycles. The number of carbonyl (C=O) groups excluding carboxylic acids is 3. The van der Waals surface area contributed by atoms with Crippen molar-refractivity contribution in [2.75, 3.05) is 26.4 Å². The van der Waals surface area contributed by atoms with Crippen LogP contribution in [0.4, 0.5) is 18.4 Å². The maximum atomic E-state index is 13.8. The minimum absolute atomic E-state index is 0.124. The Balaban J connectivity index is 1.46. The van der Waals surface area contributed by atoms with Crippen LogP contribution in [0.5, 0.6) is 5.75 Å². The van der Waals surface area contributed by atoms with E-state index < -0.39 is 85.6 Å². The Morgan fingerprint density at radius 2 is 1.44 bits per heavy atom. The second kappa shape index (κ2) is 18.3. The van der Waals surface area contributed by atoms with Crippen LogP contribution in [0.1, 0.15) is 50.3 Å². The lowest BCUT2D eigenvalue weighted by molar-refractivity contribution is -0.158. The highest BCUT2D eigenvalue weighted by Crippen LogP contribution is 2.48. The molecule has 0 saturated carbocycles. The number of esters is 1. The van der Waals surface area contributed by atoms with Crippen molar-refractivity contribution < 1.29 is 65.6 Å². The van der Waals surface area contributed by atoms with E-state index in [1.165, 1.54) is 79.5 Å². The monoisotopic (exact) mass is 776 g/mol. The number of amides is 2. The zero-order chi connectivity index (χ0) is 39.6. The van der Waals surface area contributed by atoms with Crippen molar-refractivity contribution in [1.82, 2.24) is 10.6 Å². The Labute approximate surface area is 310 Å². The molecule has 54 heavy (non-hydrogen) atoms. The van der Waals surface area contributed by atoms with E-state index in [0.29, 0.717) is 16.7 Å². The molecule has 292 valence electrons. The highest BCUT2D eigenvalue weighted by atomic mass is 31.2. The molecule has 0 aliphatic carbocycles. The summed E-state index contributed by atoms with van der Waals surface area (Å²) < 4.78 is 75.0. The molecule has 1 aliphatic rings. The van der Waals surface area contributed by atoms with Gasteiger partial charge in [-0.25, -0.2) is 22.9 Å². The summed E-state index contributed by atoms with van der Waals surface area (Å²) in [6.45, 7) is 6.56. The van der Waals surface area contributed by atoms with Gasteiger partial charge in [0.25, 0.3) is 0 Å². The van der Waals surface area contributed by atoms with Crippen molar-refractivity contribution >= 4 is 31.7 Å². The van der Waals surface area contributed by atoms with E-state index in [-0.39, 0.29) is 25.6 Å². The van der Waals surface area contributed by atoms with Gasteiger partial charge in [0.2, 0.25) is 0 Å². The smallest absolute Gasteiger partial charge is 0.407 e. The van der Waals surface area contributed by atoms with Gasteiger partial charge in [-0.3, -0.25) is 14.1 Å². The molecule has 2 amide bonds. The van der Waals surface area contributed by atoms with Crippen LogP contribution in [0.15, 0.2) is 72.8 Å². The zero-order valence-electron chi connectivity index (χ0n) is 30.3. The normalized spacial score (nSPS) is 19.3. The Hall–Kier alpha value is -5.05. The summed E-state index contributed by atoms with van der Waals surface area (Å²) in [4.78, 5) is 48.2. The quantitative estimate of drug-likeness (QED) is 0.0908. The van der Waals surface area contributed by atoms with E-state index in [4.69, 9.17) is 33.1 Å². The van der Waals surface area contributed by atoms with Gasteiger partial charge in [0.05, 0.1) is 17.6 Å². The van der Waals surface area contributed by atoms with Gasteiger partial charge in [0, 0.05) is 12.6 Å².